The molecule has 0 saturated carbocycles. The van der Waals surface area contributed by atoms with E-state index in [1.54, 1.807) is 6.26 Å². The smallest absolute Gasteiger partial charge is 0.108 e. The van der Waals surface area contributed by atoms with E-state index in [2.05, 4.69) is 13.8 Å². The molecule has 1 aromatic rings. The van der Waals surface area contributed by atoms with Gasteiger partial charge >= 0.3 is 0 Å². The summed E-state index contributed by atoms with van der Waals surface area (Å²) in [5.41, 5.74) is 7.53. The first-order chi connectivity index (χ1) is 5.61. The predicted molar refractivity (Wildman–Crippen MR) is 47.7 cm³/mol. The second-order valence-corrected chi connectivity index (χ2v) is 4.27. The third kappa shape index (κ3) is 0.985. The van der Waals surface area contributed by atoms with Crippen LogP contribution in [0.15, 0.2) is 16.7 Å². The topological polar surface area (TPSA) is 39.2 Å². The van der Waals surface area contributed by atoms with Crippen LogP contribution in [0.5, 0.6) is 0 Å². The number of hydrogen-bond donors (Lipinski definition) is 1. The number of nitrogens with two attached hydrogens (primary N) is 1. The number of fused-ring (bicyclic) bond motifs is 1. The van der Waals surface area contributed by atoms with Gasteiger partial charge in [-0.2, -0.15) is 0 Å². The van der Waals surface area contributed by atoms with Crippen LogP contribution in [0.25, 0.3) is 0 Å². The second kappa shape index (κ2) is 2.36. The van der Waals surface area contributed by atoms with Crippen molar-refractivity contribution < 1.29 is 4.42 Å². The maximum absolute atomic E-state index is 6.11. The molecule has 1 unspecified atom stereocenters. The van der Waals surface area contributed by atoms with Gasteiger partial charge < -0.3 is 10.2 Å². The molecular weight excluding hydrogens is 150 g/mol. The second-order valence-electron chi connectivity index (χ2n) is 4.27. The van der Waals surface area contributed by atoms with Gasteiger partial charge in [-0.25, -0.2) is 0 Å². The fourth-order valence-electron chi connectivity index (χ4n) is 1.84. The van der Waals surface area contributed by atoms with E-state index in [1.807, 2.05) is 6.07 Å². The molecule has 2 N–H and O–H groups in total. The van der Waals surface area contributed by atoms with E-state index in [0.29, 0.717) is 0 Å². The van der Waals surface area contributed by atoms with Gasteiger partial charge in [-0.15, -0.1) is 0 Å². The van der Waals surface area contributed by atoms with Gasteiger partial charge in [-0.3, -0.25) is 0 Å². The molecule has 12 heavy (non-hydrogen) atoms. The van der Waals surface area contributed by atoms with Gasteiger partial charge in [0.2, 0.25) is 0 Å². The molecule has 1 heterocycles. The molecule has 2 nitrogen and oxygen atoms in total. The van der Waals surface area contributed by atoms with Crippen molar-refractivity contribution in [3.05, 3.63) is 23.7 Å². The zero-order valence-corrected chi connectivity index (χ0v) is 7.63. The van der Waals surface area contributed by atoms with Crippen molar-refractivity contribution in [2.75, 3.05) is 0 Å². The maximum atomic E-state index is 6.11. The third-order valence-corrected chi connectivity index (χ3v) is 2.95. The molecule has 1 aromatic heterocycles. The molecule has 1 aliphatic carbocycles. The lowest BCUT2D eigenvalue weighted by Gasteiger charge is -2.35. The minimum absolute atomic E-state index is 0.139. The molecule has 0 radical (unpaired) electrons. The molecular formula is C10H15NO. The standard InChI is InChI=1S/C10H15NO/c1-10(2)5-3-8-7(9(10)11)4-6-12-8/h4,6,9H,3,5,11H2,1-2H3. The van der Waals surface area contributed by atoms with Crippen molar-refractivity contribution in [3.8, 4) is 0 Å². The molecule has 2 rings (SSSR count). The highest BCUT2D eigenvalue weighted by molar-refractivity contribution is 5.26. The normalized spacial score (nSPS) is 26.8. The average Bonchev–Trinajstić information content (AvgIpc) is 2.45. The summed E-state index contributed by atoms with van der Waals surface area (Å²) in [4.78, 5) is 0. The van der Waals surface area contributed by atoms with Crippen LogP contribution < -0.4 is 5.73 Å². The molecule has 1 aliphatic rings. The van der Waals surface area contributed by atoms with Crippen molar-refractivity contribution in [2.24, 2.45) is 11.1 Å². The first-order valence-corrected chi connectivity index (χ1v) is 4.43. The Morgan fingerprint density at radius 3 is 3.08 bits per heavy atom. The summed E-state index contributed by atoms with van der Waals surface area (Å²) in [7, 11) is 0. The molecule has 0 saturated heterocycles. The lowest BCUT2D eigenvalue weighted by Crippen LogP contribution is -2.33. The van der Waals surface area contributed by atoms with Crippen LogP contribution in [0.4, 0.5) is 0 Å². The lowest BCUT2D eigenvalue weighted by molar-refractivity contribution is 0.236. The number of hydrogen-bond acceptors (Lipinski definition) is 2. The molecule has 1 atom stereocenters. The Labute approximate surface area is 72.7 Å². The minimum Gasteiger partial charge on any atom is -0.469 e. The molecule has 0 spiro atoms. The Bertz CT molecular complexity index is 288. The molecule has 2 heteroatoms. The maximum Gasteiger partial charge on any atom is 0.108 e. The SMILES string of the molecule is CC1(C)CCc2occc2C1N. The number of aryl methyl sites for hydroxylation is 1. The van der Waals surface area contributed by atoms with Crippen LogP contribution in [0, 0.1) is 5.41 Å². The van der Waals surface area contributed by atoms with Gasteiger partial charge in [0, 0.05) is 18.0 Å². The molecule has 0 amide bonds. The minimum atomic E-state index is 0.139. The van der Waals surface area contributed by atoms with E-state index in [0.717, 1.165) is 18.6 Å². The van der Waals surface area contributed by atoms with Crippen molar-refractivity contribution in [3.63, 3.8) is 0 Å². The molecule has 0 aliphatic heterocycles. The summed E-state index contributed by atoms with van der Waals surface area (Å²) >= 11 is 0. The highest BCUT2D eigenvalue weighted by Gasteiger charge is 2.34. The molecule has 0 bridgehead atoms. The number of furan rings is 1. The first kappa shape index (κ1) is 7.87. The highest BCUT2D eigenvalue weighted by atomic mass is 16.3. The largest absolute Gasteiger partial charge is 0.469 e. The van der Waals surface area contributed by atoms with E-state index in [9.17, 15) is 0 Å². The van der Waals surface area contributed by atoms with Crippen molar-refractivity contribution in [1.29, 1.82) is 0 Å². The van der Waals surface area contributed by atoms with Gasteiger partial charge in [0.1, 0.15) is 5.76 Å². The Morgan fingerprint density at radius 2 is 2.33 bits per heavy atom. The van der Waals surface area contributed by atoms with Crippen molar-refractivity contribution in [1.82, 2.24) is 0 Å². The summed E-state index contributed by atoms with van der Waals surface area (Å²) in [6.45, 7) is 4.43. The van der Waals surface area contributed by atoms with Crippen LogP contribution >= 0.6 is 0 Å². The van der Waals surface area contributed by atoms with E-state index in [1.165, 1.54) is 5.56 Å². The molecule has 0 aromatic carbocycles. The summed E-state index contributed by atoms with van der Waals surface area (Å²) in [6.07, 6.45) is 3.89. The monoisotopic (exact) mass is 165 g/mol. The number of rotatable bonds is 0. The van der Waals surface area contributed by atoms with Gasteiger partial charge in [-0.1, -0.05) is 13.8 Å². The van der Waals surface area contributed by atoms with Crippen molar-refractivity contribution in [2.45, 2.75) is 32.7 Å². The summed E-state index contributed by atoms with van der Waals surface area (Å²) in [6, 6.07) is 2.14. The third-order valence-electron chi connectivity index (χ3n) is 2.95. The molecule has 0 fully saturated rings. The zero-order chi connectivity index (χ0) is 8.77. The summed E-state index contributed by atoms with van der Waals surface area (Å²) in [5, 5.41) is 0. The van der Waals surface area contributed by atoms with E-state index in [4.69, 9.17) is 10.2 Å². The Kier molecular flexibility index (Phi) is 1.55. The van der Waals surface area contributed by atoms with Crippen LogP contribution in [-0.4, -0.2) is 0 Å². The molecule has 66 valence electrons. The lowest BCUT2D eigenvalue weighted by atomic mass is 9.73. The zero-order valence-electron chi connectivity index (χ0n) is 7.63. The first-order valence-electron chi connectivity index (χ1n) is 4.43. The van der Waals surface area contributed by atoms with Gasteiger partial charge in [0.15, 0.2) is 0 Å². The Balaban J connectivity index is 2.42. The average molecular weight is 165 g/mol. The summed E-state index contributed by atoms with van der Waals surface area (Å²) in [5.74, 6) is 1.09. The van der Waals surface area contributed by atoms with Gasteiger partial charge in [-0.05, 0) is 17.9 Å². The van der Waals surface area contributed by atoms with Crippen LogP contribution in [0.2, 0.25) is 0 Å². The quantitative estimate of drug-likeness (QED) is 0.640. The van der Waals surface area contributed by atoms with Crippen LogP contribution in [0.3, 0.4) is 0 Å². The van der Waals surface area contributed by atoms with Crippen LogP contribution in [0.1, 0.15) is 37.6 Å². The fourth-order valence-corrected chi connectivity index (χ4v) is 1.84. The Hall–Kier alpha value is -0.760. The Morgan fingerprint density at radius 1 is 1.58 bits per heavy atom. The highest BCUT2D eigenvalue weighted by Crippen LogP contribution is 2.41. The fraction of sp³-hybridized carbons (Fsp3) is 0.600. The van der Waals surface area contributed by atoms with E-state index < -0.39 is 0 Å². The van der Waals surface area contributed by atoms with Gasteiger partial charge in [0.25, 0.3) is 0 Å². The summed E-state index contributed by atoms with van der Waals surface area (Å²) < 4.78 is 5.34. The van der Waals surface area contributed by atoms with E-state index >= 15 is 0 Å². The van der Waals surface area contributed by atoms with Crippen LogP contribution in [-0.2, 0) is 6.42 Å². The predicted octanol–water partition coefficient (Wildman–Crippen LogP) is 2.25. The van der Waals surface area contributed by atoms with E-state index in [-0.39, 0.29) is 11.5 Å². The van der Waals surface area contributed by atoms with Crippen molar-refractivity contribution >= 4 is 0 Å². The van der Waals surface area contributed by atoms with Gasteiger partial charge in [0.05, 0.1) is 6.26 Å².